The number of nitrogens with one attached hydrogen (secondary N) is 1. The molecule has 1 amide bonds. The Morgan fingerprint density at radius 1 is 1.21 bits per heavy atom. The smallest absolute Gasteiger partial charge is 0.239 e. The maximum atomic E-state index is 11.7. The number of hydrogen-bond donors (Lipinski definition) is 2. The largest absolute Gasteiger partial charge is 0.507 e. The fourth-order valence-electron chi connectivity index (χ4n) is 2.25. The van der Waals surface area contributed by atoms with Crippen molar-refractivity contribution in [3.8, 4) is 5.75 Å². The summed E-state index contributed by atoms with van der Waals surface area (Å²) in [4.78, 5) is 11.7. The van der Waals surface area contributed by atoms with Crippen LogP contribution >= 0.6 is 24.0 Å². The van der Waals surface area contributed by atoms with Crippen molar-refractivity contribution < 1.29 is 9.90 Å². The van der Waals surface area contributed by atoms with Crippen molar-refractivity contribution >= 4 is 45.0 Å². The second kappa shape index (κ2) is 4.83. The van der Waals surface area contributed by atoms with Crippen LogP contribution in [0.4, 0.5) is 0 Å². The molecule has 1 aliphatic heterocycles. The predicted molar refractivity (Wildman–Crippen MR) is 81.4 cm³/mol. The fraction of sp³-hybridized carbons (Fsp3) is 0.143. The van der Waals surface area contributed by atoms with Crippen LogP contribution < -0.4 is 5.32 Å². The highest BCUT2D eigenvalue weighted by molar-refractivity contribution is 8.24. The van der Waals surface area contributed by atoms with E-state index in [0.29, 0.717) is 10.7 Å². The van der Waals surface area contributed by atoms with Gasteiger partial charge < -0.3 is 10.4 Å². The highest BCUT2D eigenvalue weighted by atomic mass is 32.2. The third-order valence-electron chi connectivity index (χ3n) is 3.16. The monoisotopic (exact) mass is 289 g/mol. The lowest BCUT2D eigenvalue weighted by Gasteiger charge is -2.10. The van der Waals surface area contributed by atoms with Crippen molar-refractivity contribution in [3.05, 3.63) is 42.0 Å². The van der Waals surface area contributed by atoms with Crippen LogP contribution in [-0.2, 0) is 11.2 Å². The number of hydrogen-bond acceptors (Lipinski definition) is 4. The lowest BCUT2D eigenvalue weighted by atomic mass is 10.00. The summed E-state index contributed by atoms with van der Waals surface area (Å²) in [6.07, 6.45) is 0.609. The first kappa shape index (κ1) is 12.4. The van der Waals surface area contributed by atoms with Crippen LogP contribution in [0.25, 0.3) is 10.8 Å². The zero-order valence-electron chi connectivity index (χ0n) is 9.92. The maximum Gasteiger partial charge on any atom is 0.239 e. The zero-order chi connectivity index (χ0) is 13.4. The Morgan fingerprint density at radius 3 is 2.63 bits per heavy atom. The summed E-state index contributed by atoms with van der Waals surface area (Å²) in [5.74, 6) is 0.227. The van der Waals surface area contributed by atoms with Crippen LogP contribution in [0.5, 0.6) is 5.75 Å². The normalized spacial score (nSPS) is 18.8. The molecule has 0 aromatic heterocycles. The van der Waals surface area contributed by atoms with E-state index in [9.17, 15) is 9.90 Å². The molecule has 0 spiro atoms. The molecule has 3 nitrogen and oxygen atoms in total. The van der Waals surface area contributed by atoms with Crippen molar-refractivity contribution in [2.24, 2.45) is 0 Å². The van der Waals surface area contributed by atoms with Crippen molar-refractivity contribution in [2.45, 2.75) is 11.7 Å². The van der Waals surface area contributed by atoms with E-state index in [1.807, 2.05) is 30.3 Å². The Bertz CT molecular complexity index is 684. The van der Waals surface area contributed by atoms with Crippen LogP contribution in [0.1, 0.15) is 5.56 Å². The van der Waals surface area contributed by atoms with Gasteiger partial charge in [0.15, 0.2) is 0 Å². The average molecular weight is 289 g/mol. The van der Waals surface area contributed by atoms with Gasteiger partial charge in [0.1, 0.15) is 10.1 Å². The first-order chi connectivity index (χ1) is 9.15. The molecule has 1 fully saturated rings. The van der Waals surface area contributed by atoms with E-state index in [4.69, 9.17) is 12.2 Å². The van der Waals surface area contributed by atoms with Gasteiger partial charge in [-0.15, -0.1) is 0 Å². The molecule has 1 aliphatic rings. The first-order valence-corrected chi connectivity index (χ1v) is 7.15. The Labute approximate surface area is 120 Å². The number of phenolic OH excluding ortho intramolecular Hbond substituents is 1. The van der Waals surface area contributed by atoms with Crippen molar-refractivity contribution in [1.82, 2.24) is 5.32 Å². The summed E-state index contributed by atoms with van der Waals surface area (Å²) >= 11 is 6.39. The minimum Gasteiger partial charge on any atom is -0.507 e. The molecule has 2 aromatic carbocycles. The molecule has 5 heteroatoms. The molecule has 2 aromatic rings. The number of benzene rings is 2. The second-order valence-corrected chi connectivity index (χ2v) is 6.26. The predicted octanol–water partition coefficient (Wildman–Crippen LogP) is 2.60. The number of amides is 1. The Hall–Kier alpha value is -1.59. The van der Waals surface area contributed by atoms with E-state index >= 15 is 0 Å². The second-order valence-electron chi connectivity index (χ2n) is 4.38. The lowest BCUT2D eigenvalue weighted by Crippen LogP contribution is -2.25. The standard InChI is InChI=1S/C14H11NO2S2/c16-11-6-5-8(9-3-1-2-4-10(9)11)7-12-13(17)15-14(18)19-12/h1-6,12,16H,7H2,(H,15,17,18). The molecular formula is C14H11NO2S2. The van der Waals surface area contributed by atoms with E-state index in [0.717, 1.165) is 16.3 Å². The van der Waals surface area contributed by atoms with Gasteiger partial charge in [0.25, 0.3) is 0 Å². The van der Waals surface area contributed by atoms with Gasteiger partial charge in [-0.3, -0.25) is 4.79 Å². The van der Waals surface area contributed by atoms with E-state index in [1.54, 1.807) is 6.07 Å². The summed E-state index contributed by atoms with van der Waals surface area (Å²) in [5.41, 5.74) is 1.05. The molecule has 0 bridgehead atoms. The zero-order valence-corrected chi connectivity index (χ0v) is 11.6. The summed E-state index contributed by atoms with van der Waals surface area (Å²) in [6.45, 7) is 0. The number of thiocarbonyl (C=S) groups is 1. The van der Waals surface area contributed by atoms with E-state index in [-0.39, 0.29) is 16.9 Å². The number of carbonyl (C=O) groups excluding carboxylic acids is 1. The molecule has 1 unspecified atom stereocenters. The Morgan fingerprint density at radius 2 is 1.95 bits per heavy atom. The van der Waals surface area contributed by atoms with Crippen molar-refractivity contribution in [1.29, 1.82) is 0 Å². The van der Waals surface area contributed by atoms with Crippen molar-refractivity contribution in [3.63, 3.8) is 0 Å². The van der Waals surface area contributed by atoms with Crippen LogP contribution in [0.2, 0.25) is 0 Å². The third kappa shape index (κ3) is 2.31. The van der Waals surface area contributed by atoms with Gasteiger partial charge in [0.2, 0.25) is 5.91 Å². The van der Waals surface area contributed by atoms with E-state index < -0.39 is 0 Å². The van der Waals surface area contributed by atoms with Gasteiger partial charge >= 0.3 is 0 Å². The van der Waals surface area contributed by atoms with Gasteiger partial charge in [-0.2, -0.15) is 0 Å². The molecule has 0 aliphatic carbocycles. The van der Waals surface area contributed by atoms with Gasteiger partial charge in [0, 0.05) is 5.39 Å². The molecule has 1 saturated heterocycles. The Kier molecular flexibility index (Phi) is 3.16. The number of phenols is 1. The molecule has 19 heavy (non-hydrogen) atoms. The SMILES string of the molecule is O=C1NC(=S)SC1Cc1ccc(O)c2ccccc12. The van der Waals surface area contributed by atoms with Gasteiger partial charge in [-0.25, -0.2) is 0 Å². The maximum absolute atomic E-state index is 11.7. The number of carbonyl (C=O) groups is 1. The third-order valence-corrected chi connectivity index (χ3v) is 4.54. The fourth-order valence-corrected chi connectivity index (χ4v) is 3.55. The highest BCUT2D eigenvalue weighted by Crippen LogP contribution is 2.31. The Balaban J connectivity index is 2.00. The minimum absolute atomic E-state index is 0.0350. The van der Waals surface area contributed by atoms with Crippen LogP contribution in [0, 0.1) is 0 Å². The van der Waals surface area contributed by atoms with Gasteiger partial charge in [-0.1, -0.05) is 54.3 Å². The van der Waals surface area contributed by atoms with Crippen LogP contribution in [0.15, 0.2) is 36.4 Å². The van der Waals surface area contributed by atoms with E-state index in [2.05, 4.69) is 5.32 Å². The van der Waals surface area contributed by atoms with E-state index in [1.165, 1.54) is 11.8 Å². The lowest BCUT2D eigenvalue weighted by molar-refractivity contribution is -0.118. The molecule has 0 radical (unpaired) electrons. The molecular weight excluding hydrogens is 278 g/mol. The van der Waals surface area contributed by atoms with Crippen LogP contribution in [0.3, 0.4) is 0 Å². The summed E-state index contributed by atoms with van der Waals surface area (Å²) in [6, 6.07) is 11.2. The number of aromatic hydroxyl groups is 1. The van der Waals surface area contributed by atoms with Gasteiger partial charge in [0.05, 0.1) is 5.25 Å². The topological polar surface area (TPSA) is 49.3 Å². The summed E-state index contributed by atoms with van der Waals surface area (Å²) in [5, 5.41) is 14.1. The first-order valence-electron chi connectivity index (χ1n) is 5.86. The highest BCUT2D eigenvalue weighted by Gasteiger charge is 2.29. The molecule has 0 saturated carbocycles. The van der Waals surface area contributed by atoms with Gasteiger partial charge in [-0.05, 0) is 23.4 Å². The number of fused-ring (bicyclic) bond motifs is 1. The summed E-state index contributed by atoms with van der Waals surface area (Å²) < 4.78 is 0.540. The molecule has 2 N–H and O–H groups in total. The minimum atomic E-state index is -0.180. The molecule has 96 valence electrons. The quantitative estimate of drug-likeness (QED) is 0.834. The van der Waals surface area contributed by atoms with Crippen molar-refractivity contribution in [2.75, 3.05) is 0 Å². The average Bonchev–Trinajstić information content (AvgIpc) is 2.72. The summed E-state index contributed by atoms with van der Waals surface area (Å²) in [7, 11) is 0. The molecule has 3 rings (SSSR count). The molecule has 1 atom stereocenters. The van der Waals surface area contributed by atoms with Crippen LogP contribution in [-0.4, -0.2) is 20.6 Å². The number of thioether (sulfide) groups is 1. The molecule has 1 heterocycles. The number of rotatable bonds is 2.